The summed E-state index contributed by atoms with van der Waals surface area (Å²) in [6.45, 7) is 5.62. The fourth-order valence-corrected chi connectivity index (χ4v) is 0.416. The van der Waals surface area contributed by atoms with Gasteiger partial charge in [-0.25, -0.2) is 0 Å². The third-order valence-corrected chi connectivity index (χ3v) is 1.85. The van der Waals surface area contributed by atoms with Gasteiger partial charge in [0.15, 0.2) is 0 Å². The van der Waals surface area contributed by atoms with E-state index in [0.29, 0.717) is 0 Å². The Bertz CT molecular complexity index is 154. The van der Waals surface area contributed by atoms with E-state index in [4.69, 9.17) is 19.7 Å². The van der Waals surface area contributed by atoms with Gasteiger partial charge in [0.05, 0.1) is 13.2 Å². The number of ether oxygens (including phenoxy) is 2. The molecule has 0 unspecified atom stereocenters. The van der Waals surface area contributed by atoms with E-state index in [0.717, 1.165) is 0 Å². The van der Waals surface area contributed by atoms with Crippen molar-refractivity contribution in [3.63, 3.8) is 0 Å². The van der Waals surface area contributed by atoms with Crippen LogP contribution in [0.3, 0.4) is 0 Å². The van der Waals surface area contributed by atoms with Gasteiger partial charge < -0.3 is 19.7 Å². The molecule has 2 saturated heterocycles. The number of hydrogen-bond acceptors (Lipinski definition) is 4. The highest BCUT2D eigenvalue weighted by Gasteiger charge is 2.73. The molecule has 0 saturated carbocycles. The summed E-state index contributed by atoms with van der Waals surface area (Å²) in [6.07, 6.45) is 0.197. The van der Waals surface area contributed by atoms with E-state index in [9.17, 15) is 0 Å². The minimum Gasteiger partial charge on any atom is -0.396 e. The second kappa shape index (κ2) is 2.96. The summed E-state index contributed by atoms with van der Waals surface area (Å²) in [5.41, 5.74) is -0.306. The summed E-state index contributed by atoms with van der Waals surface area (Å²) in [7, 11) is 0. The zero-order valence-corrected chi connectivity index (χ0v) is 7.70. The molecule has 0 spiro atoms. The molecule has 0 amide bonds. The van der Waals surface area contributed by atoms with E-state index < -0.39 is 0 Å². The fourth-order valence-electron chi connectivity index (χ4n) is 0.416. The van der Waals surface area contributed by atoms with Gasteiger partial charge in [0, 0.05) is 5.41 Å². The summed E-state index contributed by atoms with van der Waals surface area (Å²) in [4.78, 5) is 0. The first-order valence-corrected chi connectivity index (χ1v) is 4.01. The number of epoxide rings is 2. The topological polar surface area (TPSA) is 65.5 Å². The van der Waals surface area contributed by atoms with Crippen molar-refractivity contribution >= 4 is 0 Å². The number of rotatable bonds is 2. The van der Waals surface area contributed by atoms with Gasteiger partial charge in [-0.05, 0) is 6.92 Å². The molecule has 12 heavy (non-hydrogen) atoms. The monoisotopic (exact) mass is 176 g/mol. The lowest BCUT2D eigenvalue weighted by atomic mass is 9.97. The number of fused-ring (bicyclic) bond motifs is 1. The van der Waals surface area contributed by atoms with Crippen LogP contribution in [-0.4, -0.2) is 35.5 Å². The Kier molecular flexibility index (Phi) is 2.45. The summed E-state index contributed by atoms with van der Waals surface area (Å²) in [6, 6.07) is 0. The molecule has 0 aromatic carbocycles. The van der Waals surface area contributed by atoms with E-state index in [1.165, 1.54) is 0 Å². The first-order chi connectivity index (χ1) is 5.43. The average molecular weight is 176 g/mol. The number of aliphatic hydroxyl groups is 2. The summed E-state index contributed by atoms with van der Waals surface area (Å²) >= 11 is 0. The largest absolute Gasteiger partial charge is 0.396 e. The van der Waals surface area contributed by atoms with Crippen molar-refractivity contribution in [2.24, 2.45) is 5.41 Å². The van der Waals surface area contributed by atoms with E-state index in [1.807, 2.05) is 6.92 Å². The Hall–Kier alpha value is -0.160. The molecule has 72 valence electrons. The van der Waals surface area contributed by atoms with E-state index in [1.54, 1.807) is 13.8 Å². The maximum Gasteiger partial charge on any atom is 0.223 e. The maximum absolute atomic E-state index is 8.43. The SMILES string of the molecule is CC(C)(CO)CO.CC12OC1O2. The molecule has 2 aliphatic rings. The lowest BCUT2D eigenvalue weighted by Gasteiger charge is -2.16. The van der Waals surface area contributed by atoms with Gasteiger partial charge in [-0.3, -0.25) is 0 Å². The van der Waals surface area contributed by atoms with Crippen molar-refractivity contribution < 1.29 is 19.7 Å². The first-order valence-electron chi connectivity index (χ1n) is 4.01. The third-order valence-electron chi connectivity index (χ3n) is 1.85. The zero-order valence-electron chi connectivity index (χ0n) is 7.70. The summed E-state index contributed by atoms with van der Waals surface area (Å²) < 4.78 is 9.54. The van der Waals surface area contributed by atoms with Crippen molar-refractivity contribution in [2.45, 2.75) is 32.8 Å². The molecule has 2 N–H and O–H groups in total. The molecule has 0 atom stereocenters. The van der Waals surface area contributed by atoms with Gasteiger partial charge in [-0.2, -0.15) is 0 Å². The number of aliphatic hydroxyl groups excluding tert-OH is 2. The minimum atomic E-state index is -0.306. The highest BCUT2D eigenvalue weighted by Crippen LogP contribution is 2.55. The second-order valence-corrected chi connectivity index (χ2v) is 4.06. The van der Waals surface area contributed by atoms with Crippen LogP contribution in [0, 0.1) is 5.41 Å². The highest BCUT2D eigenvalue weighted by atomic mass is 17.0. The Morgan fingerprint density at radius 3 is 1.50 bits per heavy atom. The molecule has 2 fully saturated rings. The molecular weight excluding hydrogens is 160 g/mol. The van der Waals surface area contributed by atoms with Crippen molar-refractivity contribution in [1.29, 1.82) is 0 Å². The lowest BCUT2D eigenvalue weighted by Crippen LogP contribution is -2.20. The van der Waals surface area contributed by atoms with Crippen molar-refractivity contribution in [3.05, 3.63) is 0 Å². The first kappa shape index (κ1) is 9.92. The Balaban J connectivity index is 0.000000123. The summed E-state index contributed by atoms with van der Waals surface area (Å²) in [5, 5.41) is 16.9. The zero-order chi connectivity index (χ0) is 9.41. The van der Waals surface area contributed by atoms with Crippen LogP contribution >= 0.6 is 0 Å². The van der Waals surface area contributed by atoms with E-state index in [2.05, 4.69) is 0 Å². The van der Waals surface area contributed by atoms with Crippen LogP contribution in [0.5, 0.6) is 0 Å². The van der Waals surface area contributed by atoms with Crippen LogP contribution in [0.2, 0.25) is 0 Å². The van der Waals surface area contributed by atoms with E-state index >= 15 is 0 Å². The van der Waals surface area contributed by atoms with Gasteiger partial charge in [-0.1, -0.05) is 13.8 Å². The van der Waals surface area contributed by atoms with Gasteiger partial charge in [0.25, 0.3) is 0 Å². The summed E-state index contributed by atoms with van der Waals surface area (Å²) in [5.74, 6) is -0.0833. The van der Waals surface area contributed by atoms with Crippen LogP contribution in [0.1, 0.15) is 20.8 Å². The van der Waals surface area contributed by atoms with Gasteiger partial charge in [0.2, 0.25) is 12.1 Å². The van der Waals surface area contributed by atoms with Gasteiger partial charge in [0.1, 0.15) is 0 Å². The van der Waals surface area contributed by atoms with Gasteiger partial charge in [-0.15, -0.1) is 0 Å². The molecule has 2 rings (SSSR count). The van der Waals surface area contributed by atoms with Crippen LogP contribution < -0.4 is 0 Å². The molecule has 0 aromatic heterocycles. The van der Waals surface area contributed by atoms with Crippen molar-refractivity contribution in [2.75, 3.05) is 13.2 Å². The second-order valence-electron chi connectivity index (χ2n) is 4.06. The Morgan fingerprint density at radius 1 is 1.25 bits per heavy atom. The molecule has 2 aliphatic heterocycles. The van der Waals surface area contributed by atoms with Crippen molar-refractivity contribution in [1.82, 2.24) is 0 Å². The Morgan fingerprint density at radius 2 is 1.50 bits per heavy atom. The average Bonchev–Trinajstić information content (AvgIpc) is 2.79. The van der Waals surface area contributed by atoms with Crippen LogP contribution in [0.25, 0.3) is 0 Å². The smallest absolute Gasteiger partial charge is 0.223 e. The third kappa shape index (κ3) is 2.42. The number of hydrogen-bond donors (Lipinski definition) is 2. The molecule has 2 heterocycles. The molecule has 4 heteroatoms. The minimum absolute atomic E-state index is 0.0451. The molecule has 0 aliphatic carbocycles. The normalized spacial score (nSPS) is 36.2. The highest BCUT2D eigenvalue weighted by molar-refractivity contribution is 4.98. The predicted octanol–water partition coefficient (Wildman–Crippen LogP) is 0.0863. The van der Waals surface area contributed by atoms with Crippen LogP contribution in [0.15, 0.2) is 0 Å². The molecule has 0 aromatic rings. The maximum atomic E-state index is 8.43. The van der Waals surface area contributed by atoms with E-state index in [-0.39, 0.29) is 30.7 Å². The molecule has 0 bridgehead atoms. The fraction of sp³-hybridized carbons (Fsp3) is 1.00. The predicted molar refractivity (Wildman–Crippen MR) is 42.3 cm³/mol. The standard InChI is InChI=1S/C5H12O2.C3H4O2/c1-5(2,3-6)4-7;1-3-2(4-3)5-3/h6-7H,3-4H2,1-2H3;2H,1H3. The van der Waals surface area contributed by atoms with Crippen molar-refractivity contribution in [3.8, 4) is 0 Å². The molecule has 0 radical (unpaired) electrons. The molecule has 4 nitrogen and oxygen atoms in total. The van der Waals surface area contributed by atoms with Crippen LogP contribution in [-0.2, 0) is 9.47 Å². The lowest BCUT2D eigenvalue weighted by molar-refractivity contribution is -0.0403. The quantitative estimate of drug-likeness (QED) is 0.585. The van der Waals surface area contributed by atoms with Crippen LogP contribution in [0.4, 0.5) is 0 Å². The van der Waals surface area contributed by atoms with Gasteiger partial charge >= 0.3 is 0 Å². The Labute approximate surface area is 72.1 Å². The molecular formula is C8H16O4.